The van der Waals surface area contributed by atoms with Gasteiger partial charge in [-0.25, -0.2) is 9.97 Å². The maximum atomic E-state index is 5.61. The Morgan fingerprint density at radius 2 is 2.00 bits per heavy atom. The average Bonchev–Trinajstić information content (AvgIpc) is 2.85. The van der Waals surface area contributed by atoms with Gasteiger partial charge in [-0.3, -0.25) is 0 Å². The van der Waals surface area contributed by atoms with Gasteiger partial charge < -0.3 is 15.4 Å². The van der Waals surface area contributed by atoms with Crippen molar-refractivity contribution in [3.05, 3.63) is 11.9 Å². The zero-order chi connectivity index (χ0) is 14.4. The number of hydrogen-bond donors (Lipinski definition) is 2. The van der Waals surface area contributed by atoms with Crippen LogP contribution < -0.4 is 10.6 Å². The van der Waals surface area contributed by atoms with E-state index in [0.29, 0.717) is 12.0 Å². The van der Waals surface area contributed by atoms with Crippen molar-refractivity contribution in [2.45, 2.75) is 46.1 Å². The molecule has 0 saturated carbocycles. The van der Waals surface area contributed by atoms with Crippen LogP contribution >= 0.6 is 0 Å². The number of nitrogens with zero attached hydrogens (tertiary/aromatic N) is 2. The predicted molar refractivity (Wildman–Crippen MR) is 82.2 cm³/mol. The Labute approximate surface area is 121 Å². The molecule has 20 heavy (non-hydrogen) atoms. The van der Waals surface area contributed by atoms with Gasteiger partial charge in [0.1, 0.15) is 18.0 Å². The van der Waals surface area contributed by atoms with Gasteiger partial charge in [-0.2, -0.15) is 0 Å². The van der Waals surface area contributed by atoms with Gasteiger partial charge >= 0.3 is 0 Å². The smallest absolute Gasteiger partial charge is 0.134 e. The van der Waals surface area contributed by atoms with Gasteiger partial charge in [0, 0.05) is 31.2 Å². The van der Waals surface area contributed by atoms with Gasteiger partial charge in [0.2, 0.25) is 0 Å². The van der Waals surface area contributed by atoms with Crippen LogP contribution in [0.3, 0.4) is 0 Å². The van der Waals surface area contributed by atoms with Gasteiger partial charge in [-0.05, 0) is 26.7 Å². The topological polar surface area (TPSA) is 59.1 Å². The summed E-state index contributed by atoms with van der Waals surface area (Å²) in [5, 5.41) is 6.82. The van der Waals surface area contributed by atoms with E-state index in [-0.39, 0.29) is 0 Å². The second kappa shape index (κ2) is 7.43. The number of hydrogen-bond acceptors (Lipinski definition) is 5. The normalized spacial score (nSPS) is 21.9. The molecular formula is C15H26N4O. The fourth-order valence-corrected chi connectivity index (χ4v) is 2.64. The van der Waals surface area contributed by atoms with Crippen molar-refractivity contribution in [1.82, 2.24) is 9.97 Å². The van der Waals surface area contributed by atoms with E-state index in [1.54, 1.807) is 6.33 Å². The van der Waals surface area contributed by atoms with Crippen molar-refractivity contribution in [1.29, 1.82) is 0 Å². The molecule has 2 atom stereocenters. The largest absolute Gasteiger partial charge is 0.378 e. The van der Waals surface area contributed by atoms with Gasteiger partial charge in [0.25, 0.3) is 0 Å². The molecule has 2 unspecified atom stereocenters. The molecule has 0 bridgehead atoms. The van der Waals surface area contributed by atoms with E-state index in [2.05, 4.69) is 41.4 Å². The molecule has 1 aromatic heterocycles. The summed E-state index contributed by atoms with van der Waals surface area (Å²) < 4.78 is 5.61. The second-order valence-electron chi connectivity index (χ2n) is 5.34. The lowest BCUT2D eigenvalue weighted by Gasteiger charge is -2.18. The molecular weight excluding hydrogens is 252 g/mol. The minimum absolute atomic E-state index is 0.340. The van der Waals surface area contributed by atoms with Crippen LogP contribution in [0.2, 0.25) is 0 Å². The van der Waals surface area contributed by atoms with Crippen molar-refractivity contribution < 1.29 is 4.74 Å². The van der Waals surface area contributed by atoms with Gasteiger partial charge in [-0.15, -0.1) is 0 Å². The maximum Gasteiger partial charge on any atom is 0.134 e. The Hall–Kier alpha value is -1.36. The number of rotatable bonds is 7. The molecule has 2 heterocycles. The van der Waals surface area contributed by atoms with Crippen LogP contribution in [0, 0.1) is 5.92 Å². The van der Waals surface area contributed by atoms with Gasteiger partial charge in [0.15, 0.2) is 0 Å². The van der Waals surface area contributed by atoms with E-state index in [9.17, 15) is 0 Å². The SMILES string of the molecule is CCCc1c(NCC)ncnc1NCC1CCOC1C. The summed E-state index contributed by atoms with van der Waals surface area (Å²) >= 11 is 0. The fraction of sp³-hybridized carbons (Fsp3) is 0.733. The minimum atomic E-state index is 0.340. The van der Waals surface area contributed by atoms with Crippen LogP contribution in [0.25, 0.3) is 0 Å². The number of aromatic nitrogens is 2. The molecule has 112 valence electrons. The summed E-state index contributed by atoms with van der Waals surface area (Å²) in [5.41, 5.74) is 1.20. The molecule has 5 heteroatoms. The number of ether oxygens (including phenoxy) is 1. The van der Waals surface area contributed by atoms with Crippen LogP contribution in [-0.4, -0.2) is 35.8 Å². The second-order valence-corrected chi connectivity index (χ2v) is 5.34. The van der Waals surface area contributed by atoms with Crippen molar-refractivity contribution in [3.8, 4) is 0 Å². The Bertz CT molecular complexity index is 424. The van der Waals surface area contributed by atoms with Crippen LogP contribution in [0.4, 0.5) is 11.6 Å². The van der Waals surface area contributed by atoms with Crippen molar-refractivity contribution >= 4 is 11.6 Å². The third-order valence-electron chi connectivity index (χ3n) is 3.85. The first-order chi connectivity index (χ1) is 9.76. The zero-order valence-corrected chi connectivity index (χ0v) is 12.8. The molecule has 1 aromatic rings. The van der Waals surface area contributed by atoms with Gasteiger partial charge in [0.05, 0.1) is 6.10 Å². The average molecular weight is 278 g/mol. The Balaban J connectivity index is 2.07. The highest BCUT2D eigenvalue weighted by Crippen LogP contribution is 2.24. The molecule has 0 spiro atoms. The molecule has 1 saturated heterocycles. The number of nitrogens with one attached hydrogen (secondary N) is 2. The summed E-state index contributed by atoms with van der Waals surface area (Å²) in [6, 6.07) is 0. The molecule has 2 N–H and O–H groups in total. The van der Waals surface area contributed by atoms with E-state index >= 15 is 0 Å². The molecule has 0 radical (unpaired) electrons. The summed E-state index contributed by atoms with van der Waals surface area (Å²) in [4.78, 5) is 8.78. The molecule has 0 amide bonds. The van der Waals surface area contributed by atoms with Crippen LogP contribution in [0.15, 0.2) is 6.33 Å². The highest BCUT2D eigenvalue weighted by Gasteiger charge is 2.24. The van der Waals surface area contributed by atoms with Crippen LogP contribution in [0.5, 0.6) is 0 Å². The molecule has 0 aliphatic carbocycles. The highest BCUT2D eigenvalue weighted by molar-refractivity contribution is 5.57. The Morgan fingerprint density at radius 1 is 1.25 bits per heavy atom. The molecule has 1 aliphatic rings. The fourth-order valence-electron chi connectivity index (χ4n) is 2.64. The monoisotopic (exact) mass is 278 g/mol. The van der Waals surface area contributed by atoms with Crippen LogP contribution in [0.1, 0.15) is 39.2 Å². The van der Waals surface area contributed by atoms with E-state index in [1.807, 2.05) is 0 Å². The summed E-state index contributed by atoms with van der Waals surface area (Å²) in [6.45, 7) is 9.08. The van der Waals surface area contributed by atoms with E-state index < -0.39 is 0 Å². The maximum absolute atomic E-state index is 5.61. The van der Waals surface area contributed by atoms with Gasteiger partial charge in [-0.1, -0.05) is 13.3 Å². The summed E-state index contributed by atoms with van der Waals surface area (Å²) in [5.74, 6) is 2.50. The Kier molecular flexibility index (Phi) is 5.59. The lowest BCUT2D eigenvalue weighted by molar-refractivity contribution is 0.108. The number of anilines is 2. The lowest BCUT2D eigenvalue weighted by Crippen LogP contribution is -2.22. The third-order valence-corrected chi connectivity index (χ3v) is 3.85. The first kappa shape index (κ1) is 15.0. The van der Waals surface area contributed by atoms with Crippen molar-refractivity contribution in [2.24, 2.45) is 5.92 Å². The summed E-state index contributed by atoms with van der Waals surface area (Å²) in [6.07, 6.45) is 5.18. The van der Waals surface area contributed by atoms with Crippen LogP contribution in [-0.2, 0) is 11.2 Å². The Morgan fingerprint density at radius 3 is 2.60 bits per heavy atom. The quantitative estimate of drug-likeness (QED) is 0.803. The standard InChI is InChI=1S/C15H26N4O/c1-4-6-13-14(16-5-2)18-10-19-15(13)17-9-12-7-8-20-11(12)3/h10-12H,4-9H2,1-3H3,(H2,16,17,18,19). The highest BCUT2D eigenvalue weighted by atomic mass is 16.5. The molecule has 2 rings (SSSR count). The first-order valence-electron chi connectivity index (χ1n) is 7.69. The van der Waals surface area contributed by atoms with E-state index in [0.717, 1.165) is 50.6 Å². The molecule has 5 nitrogen and oxygen atoms in total. The molecule has 1 aliphatic heterocycles. The molecule has 0 aromatic carbocycles. The van der Waals surface area contributed by atoms with Crippen molar-refractivity contribution in [3.63, 3.8) is 0 Å². The predicted octanol–water partition coefficient (Wildman–Crippen LogP) is 2.70. The molecule has 1 fully saturated rings. The van der Waals surface area contributed by atoms with E-state index in [1.165, 1.54) is 5.56 Å². The third kappa shape index (κ3) is 3.60. The zero-order valence-electron chi connectivity index (χ0n) is 12.8. The summed E-state index contributed by atoms with van der Waals surface area (Å²) in [7, 11) is 0. The van der Waals surface area contributed by atoms with E-state index in [4.69, 9.17) is 4.74 Å². The van der Waals surface area contributed by atoms with Crippen molar-refractivity contribution in [2.75, 3.05) is 30.3 Å². The first-order valence-corrected chi connectivity index (χ1v) is 7.69. The lowest BCUT2D eigenvalue weighted by atomic mass is 10.0. The minimum Gasteiger partial charge on any atom is -0.378 e.